The van der Waals surface area contributed by atoms with Crippen molar-refractivity contribution in [2.45, 2.75) is 24.3 Å². The van der Waals surface area contributed by atoms with Crippen LogP contribution in [-0.2, 0) is 16.4 Å². The molecule has 8 heteroatoms. The molecule has 0 bridgehead atoms. The lowest BCUT2D eigenvalue weighted by Gasteiger charge is -2.35. The summed E-state index contributed by atoms with van der Waals surface area (Å²) in [4.78, 5) is 0.0162. The van der Waals surface area contributed by atoms with E-state index in [-0.39, 0.29) is 16.0 Å². The fraction of sp³-hybridized carbons (Fsp3) is 0.333. The van der Waals surface area contributed by atoms with Gasteiger partial charge >= 0.3 is 0 Å². The first-order valence-electron chi connectivity index (χ1n) is 8.01. The molecule has 26 heavy (non-hydrogen) atoms. The van der Waals surface area contributed by atoms with Crippen LogP contribution in [-0.4, -0.2) is 33.5 Å². The van der Waals surface area contributed by atoms with Crippen molar-refractivity contribution in [2.75, 3.05) is 20.8 Å². The SMILES string of the molecule is COc1cc2c(cc1OC)[C@H](C)N(S(=O)(=O)c1cc(Cl)ccc1Cl)CC2. The summed E-state index contributed by atoms with van der Waals surface area (Å²) in [5.74, 6) is 1.20. The summed E-state index contributed by atoms with van der Waals surface area (Å²) < 4.78 is 38.5. The number of rotatable bonds is 4. The molecule has 0 fully saturated rings. The van der Waals surface area contributed by atoms with Gasteiger partial charge < -0.3 is 9.47 Å². The van der Waals surface area contributed by atoms with Gasteiger partial charge in [-0.25, -0.2) is 8.42 Å². The summed E-state index contributed by atoms with van der Waals surface area (Å²) in [6, 6.07) is 7.80. The minimum Gasteiger partial charge on any atom is -0.493 e. The smallest absolute Gasteiger partial charge is 0.245 e. The normalized spacial score (nSPS) is 17.7. The molecule has 2 aromatic carbocycles. The van der Waals surface area contributed by atoms with Gasteiger partial charge in [0.2, 0.25) is 10.0 Å². The van der Waals surface area contributed by atoms with E-state index in [0.717, 1.165) is 11.1 Å². The molecule has 0 radical (unpaired) electrons. The molecule has 0 saturated heterocycles. The van der Waals surface area contributed by atoms with Crippen LogP contribution in [0.3, 0.4) is 0 Å². The molecule has 0 spiro atoms. The number of halogens is 2. The van der Waals surface area contributed by atoms with Gasteiger partial charge in [-0.15, -0.1) is 0 Å². The van der Waals surface area contributed by atoms with Gasteiger partial charge in [-0.3, -0.25) is 0 Å². The average molecular weight is 416 g/mol. The summed E-state index contributed by atoms with van der Waals surface area (Å²) in [7, 11) is -0.666. The third kappa shape index (κ3) is 3.27. The van der Waals surface area contributed by atoms with Crippen molar-refractivity contribution >= 4 is 33.2 Å². The Kier molecular flexibility index (Phi) is 5.40. The fourth-order valence-electron chi connectivity index (χ4n) is 3.25. The highest BCUT2D eigenvalue weighted by molar-refractivity contribution is 7.89. The molecule has 0 saturated carbocycles. The van der Waals surface area contributed by atoms with Gasteiger partial charge in [-0.05, 0) is 54.8 Å². The lowest BCUT2D eigenvalue weighted by Crippen LogP contribution is -2.39. The van der Waals surface area contributed by atoms with Crippen molar-refractivity contribution in [3.8, 4) is 11.5 Å². The van der Waals surface area contributed by atoms with Crippen molar-refractivity contribution in [2.24, 2.45) is 0 Å². The topological polar surface area (TPSA) is 55.8 Å². The summed E-state index contributed by atoms with van der Waals surface area (Å²) in [6.07, 6.45) is 0.567. The Morgan fingerprint density at radius 3 is 2.38 bits per heavy atom. The second kappa shape index (κ2) is 7.27. The Hall–Kier alpha value is -1.47. The molecule has 3 rings (SSSR count). The van der Waals surface area contributed by atoms with Crippen LogP contribution in [0.1, 0.15) is 24.1 Å². The lowest BCUT2D eigenvalue weighted by molar-refractivity contribution is 0.319. The van der Waals surface area contributed by atoms with E-state index >= 15 is 0 Å². The standard InChI is InChI=1S/C18H19Cl2NO4S/c1-11-14-10-17(25-3)16(24-2)8-12(14)6-7-21(11)26(22,23)18-9-13(19)4-5-15(18)20/h4-5,8-11H,6-7H2,1-3H3/t11-/m0/s1. The zero-order valence-corrected chi connectivity index (χ0v) is 17.0. The van der Waals surface area contributed by atoms with Crippen molar-refractivity contribution in [1.29, 1.82) is 0 Å². The maximum absolute atomic E-state index is 13.2. The van der Waals surface area contributed by atoms with E-state index in [1.54, 1.807) is 20.3 Å². The van der Waals surface area contributed by atoms with Gasteiger partial charge in [-0.1, -0.05) is 23.2 Å². The number of sulfonamides is 1. The number of fused-ring (bicyclic) bond motifs is 1. The first-order chi connectivity index (χ1) is 12.3. The third-order valence-electron chi connectivity index (χ3n) is 4.61. The van der Waals surface area contributed by atoms with Gasteiger partial charge in [0.15, 0.2) is 11.5 Å². The molecule has 1 aliphatic heterocycles. The molecule has 1 atom stereocenters. The zero-order valence-electron chi connectivity index (χ0n) is 14.6. The predicted octanol–water partition coefficient (Wildman–Crippen LogP) is 4.32. The van der Waals surface area contributed by atoms with E-state index in [9.17, 15) is 8.42 Å². The Labute approximate surface area is 163 Å². The molecule has 140 valence electrons. The number of ether oxygens (including phenoxy) is 2. The third-order valence-corrected chi connectivity index (χ3v) is 7.30. The molecule has 1 aliphatic rings. The summed E-state index contributed by atoms with van der Waals surface area (Å²) >= 11 is 12.1. The molecule has 0 aliphatic carbocycles. The molecule has 5 nitrogen and oxygen atoms in total. The number of benzene rings is 2. The molecule has 0 N–H and O–H groups in total. The van der Waals surface area contributed by atoms with Gasteiger partial charge in [0, 0.05) is 17.6 Å². The monoisotopic (exact) mass is 415 g/mol. The number of hydrogen-bond acceptors (Lipinski definition) is 4. The van der Waals surface area contributed by atoms with Crippen molar-refractivity contribution in [3.63, 3.8) is 0 Å². The van der Waals surface area contributed by atoms with E-state index in [2.05, 4.69) is 0 Å². The Morgan fingerprint density at radius 1 is 1.08 bits per heavy atom. The van der Waals surface area contributed by atoms with E-state index < -0.39 is 10.0 Å². The van der Waals surface area contributed by atoms with Crippen molar-refractivity contribution < 1.29 is 17.9 Å². The number of methoxy groups -OCH3 is 2. The van der Waals surface area contributed by atoms with Gasteiger partial charge in [0.1, 0.15) is 4.90 Å². The van der Waals surface area contributed by atoms with Crippen LogP contribution >= 0.6 is 23.2 Å². The summed E-state index contributed by atoms with van der Waals surface area (Å²) in [5, 5.41) is 0.476. The second-order valence-electron chi connectivity index (χ2n) is 6.02. The highest BCUT2D eigenvalue weighted by atomic mass is 35.5. The number of hydrogen-bond donors (Lipinski definition) is 0. The van der Waals surface area contributed by atoms with Crippen LogP contribution in [0.15, 0.2) is 35.2 Å². The van der Waals surface area contributed by atoms with Crippen LogP contribution in [0.2, 0.25) is 10.0 Å². The highest BCUT2D eigenvalue weighted by Gasteiger charge is 2.36. The first-order valence-corrected chi connectivity index (χ1v) is 10.2. The molecular formula is C18H19Cl2NO4S. The van der Waals surface area contributed by atoms with Crippen LogP contribution in [0, 0.1) is 0 Å². The van der Waals surface area contributed by atoms with E-state index in [1.807, 2.05) is 19.1 Å². The minimum atomic E-state index is -3.80. The molecule has 2 aromatic rings. The predicted molar refractivity (Wildman–Crippen MR) is 102 cm³/mol. The Bertz CT molecular complexity index is 946. The van der Waals surface area contributed by atoms with Crippen LogP contribution < -0.4 is 9.47 Å². The zero-order chi connectivity index (χ0) is 19.1. The van der Waals surface area contributed by atoms with E-state index in [0.29, 0.717) is 29.5 Å². The molecular weight excluding hydrogens is 397 g/mol. The van der Waals surface area contributed by atoms with Crippen molar-refractivity contribution in [1.82, 2.24) is 4.31 Å². The van der Waals surface area contributed by atoms with Gasteiger partial charge in [-0.2, -0.15) is 4.31 Å². The Balaban J connectivity index is 2.06. The maximum atomic E-state index is 13.2. The highest BCUT2D eigenvalue weighted by Crippen LogP contribution is 2.40. The molecule has 1 heterocycles. The number of nitrogens with zero attached hydrogens (tertiary/aromatic N) is 1. The minimum absolute atomic E-state index is 0.0162. The van der Waals surface area contributed by atoms with Gasteiger partial charge in [0.05, 0.1) is 19.2 Å². The fourth-order valence-corrected chi connectivity index (χ4v) is 5.60. The van der Waals surface area contributed by atoms with E-state index in [1.165, 1.54) is 16.4 Å². The van der Waals surface area contributed by atoms with Crippen LogP contribution in [0.25, 0.3) is 0 Å². The van der Waals surface area contributed by atoms with Crippen molar-refractivity contribution in [3.05, 3.63) is 51.5 Å². The quantitative estimate of drug-likeness (QED) is 0.745. The van der Waals surface area contributed by atoms with Gasteiger partial charge in [0.25, 0.3) is 0 Å². The molecule has 0 unspecified atom stereocenters. The summed E-state index contributed by atoms with van der Waals surface area (Å²) in [6.45, 7) is 2.19. The Morgan fingerprint density at radius 2 is 1.73 bits per heavy atom. The lowest BCUT2D eigenvalue weighted by atomic mass is 9.94. The average Bonchev–Trinajstić information content (AvgIpc) is 2.62. The molecule has 0 aromatic heterocycles. The van der Waals surface area contributed by atoms with E-state index in [4.69, 9.17) is 32.7 Å². The van der Waals surface area contributed by atoms with Crippen LogP contribution in [0.5, 0.6) is 11.5 Å². The summed E-state index contributed by atoms with van der Waals surface area (Å²) in [5.41, 5.74) is 1.93. The second-order valence-corrected chi connectivity index (χ2v) is 8.73. The largest absolute Gasteiger partial charge is 0.493 e. The first kappa shape index (κ1) is 19.3. The molecule has 0 amide bonds. The maximum Gasteiger partial charge on any atom is 0.245 e. The van der Waals surface area contributed by atoms with Crippen LogP contribution in [0.4, 0.5) is 0 Å².